The van der Waals surface area contributed by atoms with Gasteiger partial charge >= 0.3 is 11.9 Å². The molecule has 0 rings (SSSR count). The predicted octanol–water partition coefficient (Wildman–Crippen LogP) is 13.5. The molecule has 0 aliphatic heterocycles. The average Bonchev–Trinajstić information content (AvgIpc) is 3.14. The molecule has 0 radical (unpaired) electrons. The lowest BCUT2D eigenvalue weighted by Crippen LogP contribution is -2.30. The van der Waals surface area contributed by atoms with Crippen LogP contribution in [-0.2, 0) is 23.8 Å². The minimum absolute atomic E-state index is 0.0370. The fourth-order valence-electron chi connectivity index (χ4n) is 5.09. The van der Waals surface area contributed by atoms with Crippen molar-refractivity contribution in [3.05, 3.63) is 97.2 Å². The van der Waals surface area contributed by atoms with Crippen molar-refractivity contribution in [3.8, 4) is 0 Å². The zero-order chi connectivity index (χ0) is 37.8. The largest absolute Gasteiger partial charge is 0.462 e. The van der Waals surface area contributed by atoms with Crippen LogP contribution >= 0.6 is 0 Å². The molecule has 294 valence electrons. The monoisotopic (exact) mass is 721 g/mol. The van der Waals surface area contributed by atoms with E-state index < -0.39 is 6.10 Å². The van der Waals surface area contributed by atoms with Crippen molar-refractivity contribution in [2.45, 2.75) is 168 Å². The Morgan fingerprint density at radius 2 is 0.865 bits per heavy atom. The van der Waals surface area contributed by atoms with Crippen LogP contribution in [0.1, 0.15) is 162 Å². The molecule has 1 atom stereocenters. The standard InChI is InChI=1S/C47H76O5/c1-4-7-10-13-16-18-20-22-24-25-27-29-32-34-37-40-46(48)51-44-45(52-47(49)41-38-35-31-15-12-9-6-3)43-50-42-39-36-33-30-28-26-23-21-19-17-14-11-8-5-2/h7-8,10-11,16-19,22-24,26-27,29-30,33,45H,4-6,9,12-15,20-21,25,28,31-32,34-44H2,1-3H3/b10-7-,11-8-,18-16-,19-17-,24-22-,26-23-,29-27-,33-30-. The molecular formula is C47H76O5. The normalized spacial score (nSPS) is 13.2. The van der Waals surface area contributed by atoms with Crippen molar-refractivity contribution in [3.63, 3.8) is 0 Å². The summed E-state index contributed by atoms with van der Waals surface area (Å²) in [4.78, 5) is 25.0. The van der Waals surface area contributed by atoms with Gasteiger partial charge in [0.15, 0.2) is 6.10 Å². The summed E-state index contributed by atoms with van der Waals surface area (Å²) in [6, 6.07) is 0. The number of hydrogen-bond donors (Lipinski definition) is 0. The van der Waals surface area contributed by atoms with Crippen LogP contribution in [0.2, 0.25) is 0 Å². The number of rotatable bonds is 36. The summed E-state index contributed by atoms with van der Waals surface area (Å²) < 4.78 is 17.1. The fraction of sp³-hybridized carbons (Fsp3) is 0.617. The van der Waals surface area contributed by atoms with Gasteiger partial charge in [0.25, 0.3) is 0 Å². The molecule has 0 saturated heterocycles. The van der Waals surface area contributed by atoms with Gasteiger partial charge in [0, 0.05) is 19.4 Å². The zero-order valence-corrected chi connectivity index (χ0v) is 33.5. The first-order valence-electron chi connectivity index (χ1n) is 20.8. The van der Waals surface area contributed by atoms with Crippen molar-refractivity contribution >= 4 is 11.9 Å². The topological polar surface area (TPSA) is 61.8 Å². The zero-order valence-electron chi connectivity index (χ0n) is 33.5. The van der Waals surface area contributed by atoms with Crippen LogP contribution in [0.15, 0.2) is 97.2 Å². The second-order valence-electron chi connectivity index (χ2n) is 13.1. The van der Waals surface area contributed by atoms with Crippen LogP contribution in [-0.4, -0.2) is 37.9 Å². The van der Waals surface area contributed by atoms with E-state index in [1.165, 1.54) is 25.7 Å². The minimum atomic E-state index is -0.581. The smallest absolute Gasteiger partial charge is 0.306 e. The number of unbranched alkanes of at least 4 members (excludes halogenated alkanes) is 9. The van der Waals surface area contributed by atoms with Gasteiger partial charge in [0.1, 0.15) is 6.61 Å². The first-order valence-corrected chi connectivity index (χ1v) is 20.8. The van der Waals surface area contributed by atoms with Gasteiger partial charge in [-0.3, -0.25) is 9.59 Å². The highest BCUT2D eigenvalue weighted by molar-refractivity contribution is 5.70. The van der Waals surface area contributed by atoms with Crippen LogP contribution in [0.4, 0.5) is 0 Å². The van der Waals surface area contributed by atoms with Crippen molar-refractivity contribution in [1.82, 2.24) is 0 Å². The third-order valence-electron chi connectivity index (χ3n) is 8.12. The Kier molecular flexibility index (Phi) is 39.7. The predicted molar refractivity (Wildman–Crippen MR) is 223 cm³/mol. The molecule has 0 aromatic rings. The van der Waals surface area contributed by atoms with Crippen molar-refractivity contribution < 1.29 is 23.8 Å². The Hall–Kier alpha value is -3.18. The van der Waals surface area contributed by atoms with E-state index in [4.69, 9.17) is 14.2 Å². The van der Waals surface area contributed by atoms with Crippen LogP contribution in [0, 0.1) is 0 Å². The number of allylic oxidation sites excluding steroid dienone is 16. The molecule has 0 bridgehead atoms. The molecule has 0 aliphatic carbocycles. The summed E-state index contributed by atoms with van der Waals surface area (Å²) in [7, 11) is 0. The van der Waals surface area contributed by atoms with Crippen molar-refractivity contribution in [2.24, 2.45) is 0 Å². The maximum atomic E-state index is 12.6. The lowest BCUT2D eigenvalue weighted by atomic mass is 10.1. The van der Waals surface area contributed by atoms with Gasteiger partial charge in [-0.2, -0.15) is 0 Å². The molecular weight excluding hydrogens is 645 g/mol. The molecule has 0 aliphatic rings. The van der Waals surface area contributed by atoms with Gasteiger partial charge in [0.2, 0.25) is 0 Å². The minimum Gasteiger partial charge on any atom is -0.462 e. The number of esters is 2. The lowest BCUT2D eigenvalue weighted by Gasteiger charge is -2.18. The van der Waals surface area contributed by atoms with E-state index in [2.05, 4.69) is 118 Å². The van der Waals surface area contributed by atoms with Gasteiger partial charge in [-0.1, -0.05) is 157 Å². The third-order valence-corrected chi connectivity index (χ3v) is 8.12. The Bertz CT molecular complexity index is 1040. The van der Waals surface area contributed by atoms with Crippen LogP contribution in [0.3, 0.4) is 0 Å². The molecule has 0 aromatic heterocycles. The highest BCUT2D eigenvalue weighted by Gasteiger charge is 2.17. The molecule has 5 nitrogen and oxygen atoms in total. The molecule has 0 heterocycles. The van der Waals surface area contributed by atoms with Gasteiger partial charge in [-0.15, -0.1) is 0 Å². The van der Waals surface area contributed by atoms with Crippen molar-refractivity contribution in [1.29, 1.82) is 0 Å². The molecule has 0 spiro atoms. The molecule has 1 unspecified atom stereocenters. The average molecular weight is 721 g/mol. The van der Waals surface area contributed by atoms with Gasteiger partial charge in [-0.25, -0.2) is 0 Å². The Balaban J connectivity index is 4.37. The van der Waals surface area contributed by atoms with Crippen molar-refractivity contribution in [2.75, 3.05) is 19.8 Å². The van der Waals surface area contributed by atoms with Gasteiger partial charge in [0.05, 0.1) is 6.61 Å². The van der Waals surface area contributed by atoms with E-state index in [9.17, 15) is 9.59 Å². The summed E-state index contributed by atoms with van der Waals surface area (Å²) in [5, 5.41) is 0. The summed E-state index contributed by atoms with van der Waals surface area (Å²) in [6.45, 7) is 7.35. The number of carbonyl (C=O) groups is 2. The van der Waals surface area contributed by atoms with Crippen LogP contribution < -0.4 is 0 Å². The molecule has 0 aromatic carbocycles. The highest BCUT2D eigenvalue weighted by atomic mass is 16.6. The van der Waals surface area contributed by atoms with E-state index in [0.29, 0.717) is 19.4 Å². The molecule has 52 heavy (non-hydrogen) atoms. The van der Waals surface area contributed by atoms with E-state index in [1.807, 2.05) is 0 Å². The van der Waals surface area contributed by atoms with Crippen LogP contribution in [0.25, 0.3) is 0 Å². The second kappa shape index (κ2) is 42.2. The van der Waals surface area contributed by atoms with E-state index in [0.717, 1.165) is 103 Å². The van der Waals surface area contributed by atoms with E-state index in [1.54, 1.807) is 0 Å². The molecule has 0 N–H and O–H groups in total. The van der Waals surface area contributed by atoms with Crippen LogP contribution in [0.5, 0.6) is 0 Å². The summed E-state index contributed by atoms with van der Waals surface area (Å²) >= 11 is 0. The van der Waals surface area contributed by atoms with Gasteiger partial charge < -0.3 is 14.2 Å². The Morgan fingerprint density at radius 3 is 1.38 bits per heavy atom. The number of hydrogen-bond acceptors (Lipinski definition) is 5. The SMILES string of the molecule is CC/C=C\C/C=C\C/C=C\C/C=C\CCCCC(=O)OCC(COCCC/C=C\C/C=C\C/C=C\C/C=C\CC)OC(=O)CCCCCCCCC. The van der Waals surface area contributed by atoms with Gasteiger partial charge in [-0.05, 0) is 89.9 Å². The van der Waals surface area contributed by atoms with E-state index in [-0.39, 0.29) is 25.2 Å². The third kappa shape index (κ3) is 39.6. The summed E-state index contributed by atoms with van der Waals surface area (Å²) in [5.41, 5.74) is 0. The lowest BCUT2D eigenvalue weighted by molar-refractivity contribution is -0.163. The Morgan fingerprint density at radius 1 is 0.442 bits per heavy atom. The quantitative estimate of drug-likeness (QED) is 0.0366. The first-order chi connectivity index (χ1) is 25.6. The van der Waals surface area contributed by atoms with E-state index >= 15 is 0 Å². The molecule has 0 saturated carbocycles. The summed E-state index contributed by atoms with van der Waals surface area (Å²) in [5.74, 6) is -0.492. The highest BCUT2D eigenvalue weighted by Crippen LogP contribution is 2.11. The molecule has 0 fully saturated rings. The number of carbonyl (C=O) groups excluding carboxylic acids is 2. The second-order valence-corrected chi connectivity index (χ2v) is 13.1. The number of ether oxygens (including phenoxy) is 3. The molecule has 0 amide bonds. The maximum Gasteiger partial charge on any atom is 0.306 e. The fourth-order valence-corrected chi connectivity index (χ4v) is 5.09. The molecule has 5 heteroatoms. The summed E-state index contributed by atoms with van der Waals surface area (Å²) in [6.07, 6.45) is 55.7. The maximum absolute atomic E-state index is 12.6. The Labute approximate surface area is 320 Å². The first kappa shape index (κ1) is 48.8.